The topological polar surface area (TPSA) is 17.1 Å². The normalized spacial score (nSPS) is 42.5. The van der Waals surface area contributed by atoms with Gasteiger partial charge in [0.25, 0.3) is 0 Å². The third kappa shape index (κ3) is 3.26. The number of fused-ring (bicyclic) bond motifs is 5. The first-order valence-corrected chi connectivity index (χ1v) is 13.3. The quantitative estimate of drug-likeness (QED) is 0.412. The van der Waals surface area contributed by atoms with Gasteiger partial charge in [0.05, 0.1) is 0 Å². The maximum absolute atomic E-state index is 12.8. The van der Waals surface area contributed by atoms with Crippen LogP contribution < -0.4 is 0 Å². The van der Waals surface area contributed by atoms with E-state index >= 15 is 0 Å². The Bertz CT molecular complexity index is 808. The van der Waals surface area contributed by atoms with Gasteiger partial charge in [0, 0.05) is 11.8 Å². The van der Waals surface area contributed by atoms with Crippen LogP contribution in [-0.4, -0.2) is 5.78 Å². The Hall–Kier alpha value is -0.850. The van der Waals surface area contributed by atoms with Crippen molar-refractivity contribution in [3.63, 3.8) is 0 Å². The zero-order valence-electron chi connectivity index (χ0n) is 21.8. The minimum atomic E-state index is -0.133. The van der Waals surface area contributed by atoms with E-state index in [0.29, 0.717) is 27.9 Å². The van der Waals surface area contributed by atoms with E-state index in [2.05, 4.69) is 61.5 Å². The Morgan fingerprint density at radius 3 is 2.35 bits per heavy atom. The minimum absolute atomic E-state index is 0.133. The summed E-state index contributed by atoms with van der Waals surface area (Å²) in [5.41, 5.74) is 6.11. The van der Waals surface area contributed by atoms with Crippen LogP contribution in [0.4, 0.5) is 0 Å². The summed E-state index contributed by atoms with van der Waals surface area (Å²) in [7, 11) is 0. The van der Waals surface area contributed by atoms with E-state index in [1.807, 2.05) is 11.1 Å². The van der Waals surface area contributed by atoms with Crippen LogP contribution in [0.1, 0.15) is 120 Å². The summed E-state index contributed by atoms with van der Waals surface area (Å²) >= 11 is 0. The first-order valence-electron chi connectivity index (χ1n) is 13.3. The Labute approximate surface area is 192 Å². The van der Waals surface area contributed by atoms with Gasteiger partial charge in [-0.1, -0.05) is 64.3 Å². The molecule has 0 amide bonds. The molecule has 1 heteroatoms. The van der Waals surface area contributed by atoms with Gasteiger partial charge in [-0.3, -0.25) is 4.79 Å². The highest BCUT2D eigenvalue weighted by atomic mass is 16.1. The van der Waals surface area contributed by atoms with Crippen LogP contribution in [0.25, 0.3) is 0 Å². The van der Waals surface area contributed by atoms with Gasteiger partial charge in [0.2, 0.25) is 0 Å². The predicted molar refractivity (Wildman–Crippen MR) is 132 cm³/mol. The molecule has 4 aliphatic carbocycles. The number of hydrogen-bond donors (Lipinski definition) is 0. The maximum atomic E-state index is 12.8. The molecule has 1 nitrogen and oxygen atoms in total. The molecule has 0 aromatic carbocycles. The third-order valence-corrected chi connectivity index (χ3v) is 11.4. The second-order valence-corrected chi connectivity index (χ2v) is 13.3. The van der Waals surface area contributed by atoms with Crippen molar-refractivity contribution in [3.05, 3.63) is 22.8 Å². The summed E-state index contributed by atoms with van der Waals surface area (Å²) in [4.78, 5) is 12.8. The molecule has 0 N–H and O–H groups in total. The molecule has 0 heterocycles. The predicted octanol–water partition coefficient (Wildman–Crippen LogP) is 8.69. The van der Waals surface area contributed by atoms with Crippen molar-refractivity contribution < 1.29 is 4.79 Å². The average Bonchev–Trinajstić information content (AvgIpc) is 3.03. The first-order chi connectivity index (χ1) is 14.4. The van der Waals surface area contributed by atoms with E-state index in [1.54, 1.807) is 0 Å². The highest BCUT2D eigenvalue weighted by Crippen LogP contribution is 2.74. The van der Waals surface area contributed by atoms with Crippen molar-refractivity contribution in [3.8, 4) is 0 Å². The molecule has 0 radical (unpaired) electrons. The Morgan fingerprint density at radius 1 is 0.968 bits per heavy atom. The van der Waals surface area contributed by atoms with Crippen molar-refractivity contribution in [1.29, 1.82) is 0 Å². The third-order valence-electron chi connectivity index (χ3n) is 11.4. The number of rotatable bonds is 4. The molecule has 0 aliphatic heterocycles. The van der Waals surface area contributed by atoms with Crippen molar-refractivity contribution >= 4 is 5.78 Å². The number of allylic oxidation sites excluding steroid dienone is 4. The van der Waals surface area contributed by atoms with Gasteiger partial charge < -0.3 is 0 Å². The average molecular weight is 425 g/mol. The SMILES string of the molecule is CC(C)=CCC[C@H](C)C1=C2CC[C@@H]3[C@@]4(C)CCC(=O)C(C)(C)[C@@H]4CC[C@@]3(C)[C@]2(C)CC1. The van der Waals surface area contributed by atoms with Gasteiger partial charge in [-0.15, -0.1) is 0 Å². The smallest absolute Gasteiger partial charge is 0.138 e. The van der Waals surface area contributed by atoms with Gasteiger partial charge >= 0.3 is 0 Å². The molecule has 3 fully saturated rings. The zero-order valence-corrected chi connectivity index (χ0v) is 21.8. The fourth-order valence-corrected chi connectivity index (χ4v) is 9.40. The molecular weight excluding hydrogens is 376 g/mol. The standard InChI is InChI=1S/C30H48O/c1-20(2)10-9-11-21(3)22-14-18-29(7)23(22)12-13-25-28(6)17-16-26(31)27(4,5)24(28)15-19-30(25,29)8/h10,21,24-25H,9,11-19H2,1-8H3/t21-,24-,25+,28-,29+,30+/m0/s1. The number of ketones is 1. The van der Waals surface area contributed by atoms with E-state index in [1.165, 1.54) is 56.9 Å². The first kappa shape index (κ1) is 23.3. The van der Waals surface area contributed by atoms with E-state index in [0.717, 1.165) is 24.7 Å². The van der Waals surface area contributed by atoms with E-state index < -0.39 is 0 Å². The maximum Gasteiger partial charge on any atom is 0.138 e. The Kier molecular flexibility index (Phi) is 5.71. The molecule has 174 valence electrons. The zero-order chi connectivity index (χ0) is 22.8. The highest BCUT2D eigenvalue weighted by molar-refractivity contribution is 5.85. The second kappa shape index (κ2) is 7.59. The monoisotopic (exact) mass is 424 g/mol. The molecule has 0 aromatic heterocycles. The van der Waals surface area contributed by atoms with Gasteiger partial charge in [-0.2, -0.15) is 0 Å². The van der Waals surface area contributed by atoms with Crippen LogP contribution in [0, 0.1) is 39.4 Å². The molecule has 4 aliphatic rings. The molecule has 4 rings (SSSR count). The highest BCUT2D eigenvalue weighted by Gasteiger charge is 2.66. The molecule has 0 bridgehead atoms. The second-order valence-electron chi connectivity index (χ2n) is 13.3. The van der Waals surface area contributed by atoms with E-state index in [9.17, 15) is 4.79 Å². The van der Waals surface area contributed by atoms with E-state index in [-0.39, 0.29) is 5.41 Å². The Balaban J connectivity index is 1.65. The molecule has 0 aromatic rings. The summed E-state index contributed by atoms with van der Waals surface area (Å²) in [6.45, 7) is 19.4. The number of carbonyl (C=O) groups is 1. The summed E-state index contributed by atoms with van der Waals surface area (Å²) in [6.07, 6.45) is 14.8. The van der Waals surface area contributed by atoms with Gasteiger partial charge in [-0.05, 0) is 106 Å². The van der Waals surface area contributed by atoms with Crippen molar-refractivity contribution in [2.45, 2.75) is 120 Å². The van der Waals surface area contributed by atoms with Gasteiger partial charge in [0.15, 0.2) is 0 Å². The summed E-state index contributed by atoms with van der Waals surface area (Å²) in [5.74, 6) is 2.58. The van der Waals surface area contributed by atoms with Crippen LogP contribution >= 0.6 is 0 Å². The van der Waals surface area contributed by atoms with Crippen molar-refractivity contribution in [2.24, 2.45) is 39.4 Å². The number of carbonyl (C=O) groups excluding carboxylic acids is 1. The molecule has 31 heavy (non-hydrogen) atoms. The van der Waals surface area contributed by atoms with Crippen molar-refractivity contribution in [2.75, 3.05) is 0 Å². The minimum Gasteiger partial charge on any atom is -0.299 e. The Morgan fingerprint density at radius 2 is 1.68 bits per heavy atom. The number of Topliss-reactive ketones (excluding diaryl/α,β-unsaturated/α-hetero) is 1. The molecule has 3 saturated carbocycles. The summed E-state index contributed by atoms with van der Waals surface area (Å²) in [6, 6.07) is 0. The number of hydrogen-bond acceptors (Lipinski definition) is 1. The fourth-order valence-electron chi connectivity index (χ4n) is 9.40. The lowest BCUT2D eigenvalue weighted by molar-refractivity contribution is -0.180. The molecular formula is C30H48O. The van der Waals surface area contributed by atoms with Crippen molar-refractivity contribution in [1.82, 2.24) is 0 Å². The van der Waals surface area contributed by atoms with Crippen LogP contribution in [0.5, 0.6) is 0 Å². The lowest BCUT2D eigenvalue weighted by atomic mass is 9.36. The van der Waals surface area contributed by atoms with Crippen LogP contribution in [0.2, 0.25) is 0 Å². The molecule has 0 unspecified atom stereocenters. The van der Waals surface area contributed by atoms with Crippen LogP contribution in [0.3, 0.4) is 0 Å². The van der Waals surface area contributed by atoms with Gasteiger partial charge in [-0.25, -0.2) is 0 Å². The molecule has 6 atom stereocenters. The molecule has 0 spiro atoms. The lowest BCUT2D eigenvalue weighted by Gasteiger charge is -2.68. The lowest BCUT2D eigenvalue weighted by Crippen LogP contribution is -2.62. The van der Waals surface area contributed by atoms with Gasteiger partial charge in [0.1, 0.15) is 5.78 Å². The fraction of sp³-hybridized carbons (Fsp3) is 0.833. The largest absolute Gasteiger partial charge is 0.299 e. The molecule has 0 saturated heterocycles. The summed E-state index contributed by atoms with van der Waals surface area (Å²) in [5, 5.41) is 0. The summed E-state index contributed by atoms with van der Waals surface area (Å²) < 4.78 is 0. The van der Waals surface area contributed by atoms with Crippen LogP contribution in [-0.2, 0) is 4.79 Å². The van der Waals surface area contributed by atoms with Crippen LogP contribution in [0.15, 0.2) is 22.8 Å². The van der Waals surface area contributed by atoms with E-state index in [4.69, 9.17) is 0 Å².